The Kier molecular flexibility index (Phi) is 1.83. The zero-order valence-corrected chi connectivity index (χ0v) is 7.07. The average Bonchev–Trinajstić information content (AvgIpc) is 2.05. The van der Waals surface area contributed by atoms with E-state index in [0.29, 0.717) is 11.8 Å². The number of carboxylic acid groups (broad SMARTS) is 1. The van der Waals surface area contributed by atoms with Gasteiger partial charge in [0.1, 0.15) is 0 Å². The van der Waals surface area contributed by atoms with Gasteiger partial charge in [0, 0.05) is 6.04 Å². The van der Waals surface area contributed by atoms with Gasteiger partial charge < -0.3 is 10.8 Å². The first-order valence-electron chi connectivity index (χ1n) is 4.68. The molecule has 68 valence electrons. The number of fused-ring (bicyclic) bond motifs is 3. The van der Waals surface area contributed by atoms with Crippen molar-refractivity contribution >= 4 is 5.97 Å². The van der Waals surface area contributed by atoms with Crippen LogP contribution in [0.1, 0.15) is 25.7 Å². The summed E-state index contributed by atoms with van der Waals surface area (Å²) < 4.78 is 0. The van der Waals surface area contributed by atoms with Crippen LogP contribution >= 0.6 is 0 Å². The molecule has 0 aromatic rings. The number of carboxylic acids is 1. The molecule has 3 rings (SSSR count). The third kappa shape index (κ3) is 1.04. The van der Waals surface area contributed by atoms with Crippen LogP contribution < -0.4 is 5.73 Å². The van der Waals surface area contributed by atoms with E-state index in [1.165, 1.54) is 0 Å². The molecule has 2 bridgehead atoms. The minimum atomic E-state index is -0.683. The molecule has 3 saturated carbocycles. The van der Waals surface area contributed by atoms with Crippen molar-refractivity contribution in [1.82, 2.24) is 0 Å². The number of hydrogen-bond acceptors (Lipinski definition) is 2. The second-order valence-corrected chi connectivity index (χ2v) is 4.12. The number of carbonyl (C=O) groups is 1. The van der Waals surface area contributed by atoms with Crippen molar-refractivity contribution in [3.63, 3.8) is 0 Å². The minimum absolute atomic E-state index is 0.0741. The van der Waals surface area contributed by atoms with Crippen molar-refractivity contribution in [3.05, 3.63) is 0 Å². The lowest BCUT2D eigenvalue weighted by Crippen LogP contribution is -2.52. The topological polar surface area (TPSA) is 63.3 Å². The molecule has 0 unspecified atom stereocenters. The molecular weight excluding hydrogens is 154 g/mol. The molecule has 3 N–H and O–H groups in total. The molecular formula is C9H15NO2. The van der Waals surface area contributed by atoms with Crippen LogP contribution in [0.15, 0.2) is 0 Å². The van der Waals surface area contributed by atoms with Crippen LogP contribution in [-0.2, 0) is 4.79 Å². The van der Waals surface area contributed by atoms with Crippen LogP contribution in [0.3, 0.4) is 0 Å². The van der Waals surface area contributed by atoms with Crippen LogP contribution in [0, 0.1) is 17.8 Å². The van der Waals surface area contributed by atoms with E-state index in [-0.39, 0.29) is 12.0 Å². The summed E-state index contributed by atoms with van der Waals surface area (Å²) >= 11 is 0. The van der Waals surface area contributed by atoms with E-state index < -0.39 is 5.97 Å². The quantitative estimate of drug-likeness (QED) is 0.611. The summed E-state index contributed by atoms with van der Waals surface area (Å²) in [6.45, 7) is 0. The van der Waals surface area contributed by atoms with Gasteiger partial charge in [-0.05, 0) is 37.5 Å². The van der Waals surface area contributed by atoms with E-state index in [1.54, 1.807) is 0 Å². The Bertz CT molecular complexity index is 195. The van der Waals surface area contributed by atoms with Crippen LogP contribution in [0.2, 0.25) is 0 Å². The highest BCUT2D eigenvalue weighted by molar-refractivity contribution is 5.71. The molecule has 3 aliphatic carbocycles. The molecule has 3 aliphatic rings. The summed E-state index contributed by atoms with van der Waals surface area (Å²) in [6, 6.07) is -0.0741. The molecule has 0 heterocycles. The number of hydrogen-bond donors (Lipinski definition) is 2. The predicted molar refractivity (Wildman–Crippen MR) is 44.5 cm³/mol. The van der Waals surface area contributed by atoms with Crippen molar-refractivity contribution in [2.45, 2.75) is 31.7 Å². The number of aliphatic carboxylic acids is 1. The van der Waals surface area contributed by atoms with E-state index >= 15 is 0 Å². The normalized spacial score (nSPS) is 46.1. The molecule has 12 heavy (non-hydrogen) atoms. The fraction of sp³-hybridized carbons (Fsp3) is 0.889. The first-order chi connectivity index (χ1) is 5.70. The zero-order valence-electron chi connectivity index (χ0n) is 7.07. The van der Waals surface area contributed by atoms with Gasteiger partial charge in [0.2, 0.25) is 0 Å². The number of rotatable bonds is 1. The van der Waals surface area contributed by atoms with Crippen molar-refractivity contribution in [2.24, 2.45) is 23.5 Å². The third-order valence-electron chi connectivity index (χ3n) is 3.57. The predicted octanol–water partition coefficient (Wildman–Crippen LogP) is 0.834. The van der Waals surface area contributed by atoms with Crippen molar-refractivity contribution < 1.29 is 9.90 Å². The van der Waals surface area contributed by atoms with Crippen molar-refractivity contribution in [3.8, 4) is 0 Å². The van der Waals surface area contributed by atoms with Gasteiger partial charge in [-0.15, -0.1) is 0 Å². The SMILES string of the molecule is N[C@H]1C2CCC(CC2)[C@@H]1C(=O)O. The molecule has 3 nitrogen and oxygen atoms in total. The highest BCUT2D eigenvalue weighted by Gasteiger charge is 2.45. The minimum Gasteiger partial charge on any atom is -0.481 e. The Morgan fingerprint density at radius 2 is 1.67 bits per heavy atom. The largest absolute Gasteiger partial charge is 0.481 e. The standard InChI is InChI=1S/C9H15NO2/c10-8-6-3-1-5(2-4-6)7(8)9(11)12/h5-8H,1-4,10H2,(H,11,12)/t5?,6?,7-,8-/m0/s1. The third-order valence-corrected chi connectivity index (χ3v) is 3.57. The van der Waals surface area contributed by atoms with E-state index in [9.17, 15) is 4.79 Å². The smallest absolute Gasteiger partial charge is 0.308 e. The summed E-state index contributed by atoms with van der Waals surface area (Å²) in [6.07, 6.45) is 4.45. The fourth-order valence-corrected chi connectivity index (χ4v) is 2.86. The Hall–Kier alpha value is -0.570. The lowest BCUT2D eigenvalue weighted by atomic mass is 9.62. The van der Waals surface area contributed by atoms with Gasteiger partial charge in [-0.3, -0.25) is 4.79 Å². The molecule has 0 amide bonds. The molecule has 0 spiro atoms. The average molecular weight is 169 g/mol. The monoisotopic (exact) mass is 169 g/mol. The molecule has 3 fully saturated rings. The maximum Gasteiger partial charge on any atom is 0.308 e. The summed E-state index contributed by atoms with van der Waals surface area (Å²) in [5, 5.41) is 8.95. The lowest BCUT2D eigenvalue weighted by Gasteiger charge is -2.45. The Morgan fingerprint density at radius 1 is 1.17 bits per heavy atom. The molecule has 0 aromatic carbocycles. The molecule has 0 radical (unpaired) electrons. The lowest BCUT2D eigenvalue weighted by molar-refractivity contribution is -0.148. The Morgan fingerprint density at radius 3 is 2.00 bits per heavy atom. The maximum absolute atomic E-state index is 10.9. The maximum atomic E-state index is 10.9. The highest BCUT2D eigenvalue weighted by atomic mass is 16.4. The number of nitrogens with two attached hydrogens (primary N) is 1. The molecule has 0 aliphatic heterocycles. The van der Waals surface area contributed by atoms with E-state index in [4.69, 9.17) is 10.8 Å². The Labute approximate surface area is 71.9 Å². The van der Waals surface area contributed by atoms with Crippen molar-refractivity contribution in [2.75, 3.05) is 0 Å². The van der Waals surface area contributed by atoms with E-state index in [2.05, 4.69) is 0 Å². The molecule has 3 heteroatoms. The van der Waals surface area contributed by atoms with Crippen LogP contribution in [0.25, 0.3) is 0 Å². The Balaban J connectivity index is 2.18. The summed E-state index contributed by atoms with van der Waals surface area (Å²) in [5.41, 5.74) is 5.88. The molecule has 0 aromatic heterocycles. The second-order valence-electron chi connectivity index (χ2n) is 4.12. The first kappa shape index (κ1) is 8.05. The first-order valence-corrected chi connectivity index (χ1v) is 4.68. The van der Waals surface area contributed by atoms with Gasteiger partial charge in [-0.25, -0.2) is 0 Å². The fourth-order valence-electron chi connectivity index (χ4n) is 2.86. The summed E-state index contributed by atoms with van der Waals surface area (Å²) in [4.78, 5) is 10.9. The zero-order chi connectivity index (χ0) is 8.72. The van der Waals surface area contributed by atoms with Crippen LogP contribution in [0.4, 0.5) is 0 Å². The molecule has 2 atom stereocenters. The van der Waals surface area contributed by atoms with Gasteiger partial charge in [0.25, 0.3) is 0 Å². The van der Waals surface area contributed by atoms with Gasteiger partial charge in [-0.1, -0.05) is 0 Å². The second kappa shape index (κ2) is 2.73. The molecule has 0 saturated heterocycles. The van der Waals surface area contributed by atoms with Crippen LogP contribution in [0.5, 0.6) is 0 Å². The van der Waals surface area contributed by atoms with Gasteiger partial charge in [0.05, 0.1) is 5.92 Å². The van der Waals surface area contributed by atoms with Gasteiger partial charge in [-0.2, -0.15) is 0 Å². The van der Waals surface area contributed by atoms with Crippen molar-refractivity contribution in [1.29, 1.82) is 0 Å². The summed E-state index contributed by atoms with van der Waals surface area (Å²) in [5.74, 6) is -0.0898. The summed E-state index contributed by atoms with van der Waals surface area (Å²) in [7, 11) is 0. The van der Waals surface area contributed by atoms with E-state index in [0.717, 1.165) is 25.7 Å². The van der Waals surface area contributed by atoms with E-state index in [1.807, 2.05) is 0 Å². The van der Waals surface area contributed by atoms with Crippen LogP contribution in [-0.4, -0.2) is 17.1 Å². The van der Waals surface area contributed by atoms with Gasteiger partial charge >= 0.3 is 5.97 Å². The van der Waals surface area contributed by atoms with Gasteiger partial charge in [0.15, 0.2) is 0 Å². The highest BCUT2D eigenvalue weighted by Crippen LogP contribution is 2.44.